The van der Waals surface area contributed by atoms with Gasteiger partial charge in [0.2, 0.25) is 5.91 Å². The number of hydrogen-bond acceptors (Lipinski definition) is 5. The molecule has 2 aromatic rings. The highest BCUT2D eigenvalue weighted by atomic mass is 32.2. The number of ether oxygens (including phenoxy) is 1. The molecule has 0 fully saturated rings. The zero-order valence-corrected chi connectivity index (χ0v) is 13.5. The monoisotopic (exact) mass is 345 g/mol. The number of imide groups is 1. The van der Waals surface area contributed by atoms with E-state index in [0.29, 0.717) is 16.5 Å². The van der Waals surface area contributed by atoms with Crippen LogP contribution in [-0.2, 0) is 14.8 Å². The topological polar surface area (TPSA) is 80.8 Å². The van der Waals surface area contributed by atoms with Gasteiger partial charge in [-0.05, 0) is 30.7 Å². The normalized spacial score (nSPS) is 15.2. The molecule has 0 saturated carbocycles. The van der Waals surface area contributed by atoms with E-state index in [9.17, 15) is 18.0 Å². The number of sulfonamides is 1. The van der Waals surface area contributed by atoms with E-state index in [2.05, 4.69) is 0 Å². The Morgan fingerprint density at radius 3 is 2.38 bits per heavy atom. The van der Waals surface area contributed by atoms with Crippen molar-refractivity contribution in [2.24, 2.45) is 0 Å². The lowest BCUT2D eigenvalue weighted by molar-refractivity contribution is -0.124. The highest BCUT2D eigenvalue weighted by Crippen LogP contribution is 2.30. The van der Waals surface area contributed by atoms with Gasteiger partial charge in [-0.25, -0.2) is 8.42 Å². The first-order valence-corrected chi connectivity index (χ1v) is 8.85. The molecule has 1 heterocycles. The van der Waals surface area contributed by atoms with Crippen LogP contribution >= 0.6 is 0 Å². The molecule has 0 spiro atoms. The first-order chi connectivity index (χ1) is 11.5. The van der Waals surface area contributed by atoms with Crippen LogP contribution in [-0.4, -0.2) is 31.1 Å². The maximum atomic E-state index is 12.3. The lowest BCUT2D eigenvalue weighted by atomic mass is 10.2. The van der Waals surface area contributed by atoms with E-state index in [1.807, 2.05) is 18.2 Å². The summed E-state index contributed by atoms with van der Waals surface area (Å²) in [4.78, 5) is 24.3. The molecule has 1 aliphatic heterocycles. The minimum atomic E-state index is -4.09. The second-order valence-electron chi connectivity index (χ2n) is 5.23. The van der Waals surface area contributed by atoms with Crippen LogP contribution < -0.4 is 4.74 Å². The Balaban J connectivity index is 1.63. The van der Waals surface area contributed by atoms with Gasteiger partial charge in [0.25, 0.3) is 15.9 Å². The molecule has 0 N–H and O–H groups in total. The van der Waals surface area contributed by atoms with Gasteiger partial charge >= 0.3 is 0 Å². The molecule has 0 bridgehead atoms. The number of benzene rings is 2. The lowest BCUT2D eigenvalue weighted by Gasteiger charge is -2.13. The summed E-state index contributed by atoms with van der Waals surface area (Å²) in [6.45, 7) is 0.255. The molecule has 24 heavy (non-hydrogen) atoms. The molecule has 6 nitrogen and oxygen atoms in total. The van der Waals surface area contributed by atoms with Crippen LogP contribution in [0.2, 0.25) is 0 Å². The molecule has 0 saturated heterocycles. The van der Waals surface area contributed by atoms with E-state index in [1.165, 1.54) is 18.2 Å². The Morgan fingerprint density at radius 1 is 1.00 bits per heavy atom. The van der Waals surface area contributed by atoms with Crippen molar-refractivity contribution >= 4 is 21.8 Å². The van der Waals surface area contributed by atoms with Crippen molar-refractivity contribution < 1.29 is 22.7 Å². The highest BCUT2D eigenvalue weighted by molar-refractivity contribution is 7.90. The van der Waals surface area contributed by atoms with Crippen LogP contribution in [0.5, 0.6) is 5.75 Å². The summed E-state index contributed by atoms with van der Waals surface area (Å²) in [7, 11) is -4.09. The van der Waals surface area contributed by atoms with Crippen molar-refractivity contribution in [3.63, 3.8) is 0 Å². The number of hydrogen-bond donors (Lipinski definition) is 0. The third-order valence-electron chi connectivity index (χ3n) is 3.59. The minimum Gasteiger partial charge on any atom is -0.494 e. The zero-order valence-electron chi connectivity index (χ0n) is 12.7. The molecular formula is C17H15NO5S. The SMILES string of the molecule is O=C(CCCOc1ccccc1)N1C(=O)c2ccccc2S1(=O)=O. The summed E-state index contributed by atoms with van der Waals surface area (Å²) in [6, 6.07) is 14.9. The fourth-order valence-corrected chi connectivity index (χ4v) is 4.02. The van der Waals surface area contributed by atoms with Crippen LogP contribution in [0.3, 0.4) is 0 Å². The van der Waals surface area contributed by atoms with Crippen molar-refractivity contribution in [3.8, 4) is 5.75 Å². The Bertz CT molecular complexity index is 877. The quantitative estimate of drug-likeness (QED) is 0.776. The van der Waals surface area contributed by atoms with Gasteiger partial charge in [0.1, 0.15) is 10.6 Å². The fraction of sp³-hybridized carbons (Fsp3) is 0.176. The highest BCUT2D eigenvalue weighted by Gasteiger charge is 2.44. The fourth-order valence-electron chi connectivity index (χ4n) is 2.46. The van der Waals surface area contributed by atoms with E-state index in [0.717, 1.165) is 0 Å². The largest absolute Gasteiger partial charge is 0.494 e. The first kappa shape index (κ1) is 16.2. The zero-order chi connectivity index (χ0) is 17.2. The number of fused-ring (bicyclic) bond motifs is 1. The summed E-state index contributed by atoms with van der Waals surface area (Å²) in [5, 5.41) is 0. The van der Waals surface area contributed by atoms with Gasteiger partial charge in [0, 0.05) is 6.42 Å². The van der Waals surface area contributed by atoms with E-state index >= 15 is 0 Å². The molecule has 7 heteroatoms. The second-order valence-corrected chi connectivity index (χ2v) is 6.98. The van der Waals surface area contributed by atoms with E-state index in [-0.39, 0.29) is 23.5 Å². The van der Waals surface area contributed by atoms with Gasteiger partial charge < -0.3 is 4.74 Å². The van der Waals surface area contributed by atoms with E-state index < -0.39 is 21.8 Å². The standard InChI is InChI=1S/C17H15NO5S/c19-16(11-6-12-23-13-7-2-1-3-8-13)18-17(20)14-9-4-5-10-15(14)24(18,21)22/h1-5,7-10H,6,11-12H2. The molecule has 0 atom stereocenters. The van der Waals surface area contributed by atoms with Gasteiger partial charge in [0.15, 0.2) is 0 Å². The Kier molecular flexibility index (Phi) is 4.35. The van der Waals surface area contributed by atoms with Crippen molar-refractivity contribution in [1.29, 1.82) is 0 Å². The van der Waals surface area contributed by atoms with Crippen LogP contribution in [0, 0.1) is 0 Å². The molecule has 0 radical (unpaired) electrons. The predicted octanol–water partition coefficient (Wildman–Crippen LogP) is 2.22. The van der Waals surface area contributed by atoms with Crippen molar-refractivity contribution in [1.82, 2.24) is 4.31 Å². The number of amides is 2. The van der Waals surface area contributed by atoms with Gasteiger partial charge in [-0.3, -0.25) is 9.59 Å². The molecule has 124 valence electrons. The van der Waals surface area contributed by atoms with Gasteiger partial charge in [-0.15, -0.1) is 0 Å². The van der Waals surface area contributed by atoms with Crippen LogP contribution in [0.25, 0.3) is 0 Å². The molecular weight excluding hydrogens is 330 g/mol. The van der Waals surface area contributed by atoms with Crippen molar-refractivity contribution in [3.05, 3.63) is 60.2 Å². The summed E-state index contributed by atoms with van der Waals surface area (Å²) < 4.78 is 30.5. The maximum absolute atomic E-state index is 12.3. The average Bonchev–Trinajstić information content (AvgIpc) is 2.79. The average molecular weight is 345 g/mol. The van der Waals surface area contributed by atoms with E-state index in [4.69, 9.17) is 4.74 Å². The summed E-state index contributed by atoms with van der Waals surface area (Å²) in [6.07, 6.45) is 0.217. The predicted molar refractivity (Wildman–Crippen MR) is 86.0 cm³/mol. The van der Waals surface area contributed by atoms with Crippen LogP contribution in [0.4, 0.5) is 0 Å². The lowest BCUT2D eigenvalue weighted by Crippen LogP contribution is -2.36. The number of carbonyl (C=O) groups excluding carboxylic acids is 2. The summed E-state index contributed by atoms with van der Waals surface area (Å²) in [5.74, 6) is -0.866. The van der Waals surface area contributed by atoms with Gasteiger partial charge in [-0.1, -0.05) is 30.3 Å². The third-order valence-corrected chi connectivity index (χ3v) is 5.36. The summed E-state index contributed by atoms with van der Waals surface area (Å²) in [5.41, 5.74) is 0.0337. The second kappa shape index (κ2) is 6.45. The Morgan fingerprint density at radius 2 is 1.67 bits per heavy atom. The third kappa shape index (κ3) is 2.90. The Labute approximate surface area is 139 Å². The van der Waals surface area contributed by atoms with Crippen molar-refractivity contribution in [2.75, 3.05) is 6.61 Å². The molecule has 0 unspecified atom stereocenters. The van der Waals surface area contributed by atoms with Gasteiger partial charge in [-0.2, -0.15) is 4.31 Å². The minimum absolute atomic E-state index is 0.0337. The number of nitrogens with zero attached hydrogens (tertiary/aromatic N) is 1. The van der Waals surface area contributed by atoms with E-state index in [1.54, 1.807) is 18.2 Å². The molecule has 0 aromatic heterocycles. The first-order valence-electron chi connectivity index (χ1n) is 7.41. The molecule has 2 amide bonds. The molecule has 3 rings (SSSR count). The molecule has 2 aromatic carbocycles. The number of rotatable bonds is 5. The number of para-hydroxylation sites is 1. The van der Waals surface area contributed by atoms with Crippen molar-refractivity contribution in [2.45, 2.75) is 17.7 Å². The summed E-state index contributed by atoms with van der Waals surface area (Å²) >= 11 is 0. The number of carbonyl (C=O) groups is 2. The Hall–Kier alpha value is -2.67. The van der Waals surface area contributed by atoms with Gasteiger partial charge in [0.05, 0.1) is 12.2 Å². The molecule has 1 aliphatic rings. The maximum Gasteiger partial charge on any atom is 0.276 e. The smallest absolute Gasteiger partial charge is 0.276 e. The van der Waals surface area contributed by atoms with Crippen LogP contribution in [0.1, 0.15) is 23.2 Å². The molecule has 0 aliphatic carbocycles. The van der Waals surface area contributed by atoms with Crippen LogP contribution in [0.15, 0.2) is 59.5 Å².